The number of hydrogen-bond donors (Lipinski definition) is 3. The van der Waals surface area contributed by atoms with Crippen LogP contribution in [-0.4, -0.2) is 27.6 Å². The van der Waals surface area contributed by atoms with Crippen molar-refractivity contribution in [3.05, 3.63) is 76.5 Å². The molecule has 1 aromatic carbocycles. The number of methoxy groups -OCH3 is 1. The number of aryl methyl sites for hydroxylation is 1. The van der Waals surface area contributed by atoms with Crippen LogP contribution in [0.1, 0.15) is 17.4 Å². The average Bonchev–Trinajstić information content (AvgIpc) is 2.68. The van der Waals surface area contributed by atoms with Crippen molar-refractivity contribution in [1.29, 1.82) is 0 Å². The zero-order valence-electron chi connectivity index (χ0n) is 14.9. The van der Waals surface area contributed by atoms with E-state index in [1.165, 1.54) is 6.07 Å². The van der Waals surface area contributed by atoms with E-state index >= 15 is 0 Å². The minimum absolute atomic E-state index is 0.144. The number of guanidine groups is 1. The van der Waals surface area contributed by atoms with Gasteiger partial charge in [0.1, 0.15) is 5.75 Å². The van der Waals surface area contributed by atoms with Crippen LogP contribution in [0, 0.1) is 6.92 Å². The quantitative estimate of drug-likeness (QED) is 0.626. The average molecular weight is 363 g/mol. The smallest absolute Gasteiger partial charge is 0.357 e. The first-order chi connectivity index (χ1) is 13.1. The number of pyridine rings is 1. The monoisotopic (exact) mass is 363 g/mol. The van der Waals surface area contributed by atoms with E-state index < -0.39 is 6.17 Å². The van der Waals surface area contributed by atoms with Crippen LogP contribution in [-0.2, 0) is 0 Å². The molecule has 0 saturated carbocycles. The molecular formula is C19H19N6O2+. The van der Waals surface area contributed by atoms with Crippen molar-refractivity contribution in [3.8, 4) is 5.75 Å². The molecule has 8 heteroatoms. The maximum atomic E-state index is 12.6. The third-order valence-corrected chi connectivity index (χ3v) is 4.22. The van der Waals surface area contributed by atoms with E-state index in [9.17, 15) is 4.79 Å². The van der Waals surface area contributed by atoms with Crippen LogP contribution in [0.25, 0.3) is 0 Å². The summed E-state index contributed by atoms with van der Waals surface area (Å²) in [7, 11) is 1.63. The van der Waals surface area contributed by atoms with Crippen LogP contribution in [0.3, 0.4) is 0 Å². The summed E-state index contributed by atoms with van der Waals surface area (Å²) in [6.45, 7) is 1.79. The van der Waals surface area contributed by atoms with Crippen molar-refractivity contribution in [2.75, 3.05) is 17.7 Å². The van der Waals surface area contributed by atoms with E-state index in [0.717, 1.165) is 17.0 Å². The fraction of sp³-hybridized carbons (Fsp3) is 0.158. The topological polar surface area (TPSA) is 95.0 Å². The Morgan fingerprint density at radius 2 is 2.07 bits per heavy atom. The number of nitrogens with one attached hydrogen (secondary N) is 3. The van der Waals surface area contributed by atoms with Crippen LogP contribution < -0.4 is 25.9 Å². The molecule has 0 amide bonds. The summed E-state index contributed by atoms with van der Waals surface area (Å²) < 4.78 is 6.76. The first-order valence-corrected chi connectivity index (χ1v) is 8.46. The molecule has 3 N–H and O–H groups in total. The van der Waals surface area contributed by atoms with Crippen molar-refractivity contribution in [3.63, 3.8) is 0 Å². The maximum Gasteiger partial charge on any atom is 0.357 e. The highest BCUT2D eigenvalue weighted by Crippen LogP contribution is 2.17. The second-order valence-corrected chi connectivity index (χ2v) is 6.12. The minimum Gasteiger partial charge on any atom is -0.497 e. The molecule has 1 aliphatic heterocycles. The number of aromatic nitrogens is 3. The molecule has 0 radical (unpaired) electrons. The van der Waals surface area contributed by atoms with Crippen LogP contribution in [0.4, 0.5) is 11.6 Å². The van der Waals surface area contributed by atoms with Crippen molar-refractivity contribution in [2.45, 2.75) is 13.1 Å². The molecule has 3 heterocycles. The lowest BCUT2D eigenvalue weighted by atomic mass is 10.2. The van der Waals surface area contributed by atoms with E-state index in [-0.39, 0.29) is 5.56 Å². The van der Waals surface area contributed by atoms with Gasteiger partial charge in [0.2, 0.25) is 0 Å². The summed E-state index contributed by atoms with van der Waals surface area (Å²) in [5.41, 5.74) is 2.21. The number of nitrogens with zero attached hydrogens (tertiary/aromatic N) is 3. The molecule has 1 aliphatic rings. The first-order valence-electron chi connectivity index (χ1n) is 8.46. The van der Waals surface area contributed by atoms with Crippen molar-refractivity contribution < 1.29 is 9.73 Å². The highest BCUT2D eigenvalue weighted by Gasteiger charge is 2.29. The highest BCUT2D eigenvalue weighted by atomic mass is 16.5. The Balaban J connectivity index is 1.74. The molecule has 27 heavy (non-hydrogen) atoms. The summed E-state index contributed by atoms with van der Waals surface area (Å²) in [6, 6.07) is 12.8. The summed E-state index contributed by atoms with van der Waals surface area (Å²) in [5.74, 6) is 1.85. The third kappa shape index (κ3) is 3.37. The van der Waals surface area contributed by atoms with Crippen molar-refractivity contribution >= 4 is 17.6 Å². The van der Waals surface area contributed by atoms with Crippen LogP contribution >= 0.6 is 0 Å². The molecule has 8 nitrogen and oxygen atoms in total. The lowest BCUT2D eigenvalue weighted by Crippen LogP contribution is -2.82. The number of fused-ring (bicyclic) bond motifs is 1. The van der Waals surface area contributed by atoms with E-state index in [0.29, 0.717) is 17.6 Å². The van der Waals surface area contributed by atoms with E-state index in [2.05, 4.69) is 25.6 Å². The van der Waals surface area contributed by atoms with Crippen LogP contribution in [0.15, 0.2) is 59.7 Å². The summed E-state index contributed by atoms with van der Waals surface area (Å²) >= 11 is 0. The summed E-state index contributed by atoms with van der Waals surface area (Å²) in [5, 5.41) is 6.42. The Kier molecular flexibility index (Phi) is 4.29. The molecule has 4 rings (SSSR count). The Morgan fingerprint density at radius 3 is 2.78 bits per heavy atom. The SMILES string of the molecule is COc1ccc(NC2=[NH+]C(c3cccnc3)n3c(nc(C)cc3=O)N2)cc1. The molecular weight excluding hydrogens is 344 g/mol. The highest BCUT2D eigenvalue weighted by molar-refractivity contribution is 5.99. The number of ether oxygens (including phenoxy) is 1. The molecule has 0 saturated heterocycles. The van der Waals surface area contributed by atoms with Gasteiger partial charge in [-0.15, -0.1) is 0 Å². The van der Waals surface area contributed by atoms with Gasteiger partial charge in [0.25, 0.3) is 11.5 Å². The predicted molar refractivity (Wildman–Crippen MR) is 102 cm³/mol. The van der Waals surface area contributed by atoms with Gasteiger partial charge < -0.3 is 4.74 Å². The van der Waals surface area contributed by atoms with Crippen molar-refractivity contribution in [1.82, 2.24) is 14.5 Å². The van der Waals surface area contributed by atoms with E-state index in [1.807, 2.05) is 36.4 Å². The fourth-order valence-corrected chi connectivity index (χ4v) is 2.95. The Hall–Kier alpha value is -3.68. The van der Waals surface area contributed by atoms with Gasteiger partial charge in [0.05, 0.1) is 12.8 Å². The largest absolute Gasteiger partial charge is 0.497 e. The van der Waals surface area contributed by atoms with Crippen molar-refractivity contribution in [2.24, 2.45) is 0 Å². The Morgan fingerprint density at radius 1 is 1.26 bits per heavy atom. The predicted octanol–water partition coefficient (Wildman–Crippen LogP) is 0.476. The molecule has 2 aromatic heterocycles. The van der Waals surface area contributed by atoms with Gasteiger partial charge in [0, 0.05) is 29.7 Å². The summed E-state index contributed by atoms with van der Waals surface area (Å²) in [6.07, 6.45) is 2.99. The minimum atomic E-state index is -0.434. The second kappa shape index (κ2) is 6.91. The second-order valence-electron chi connectivity index (χ2n) is 6.12. The number of hydrogen-bond acceptors (Lipinski definition) is 6. The molecule has 0 spiro atoms. The fourth-order valence-electron chi connectivity index (χ4n) is 2.95. The van der Waals surface area contributed by atoms with Gasteiger partial charge in [-0.05, 0) is 37.3 Å². The molecule has 0 fully saturated rings. The van der Waals surface area contributed by atoms with Gasteiger partial charge in [-0.3, -0.25) is 14.8 Å². The van der Waals surface area contributed by atoms with Gasteiger partial charge in [-0.25, -0.2) is 20.2 Å². The Bertz CT molecular complexity index is 1040. The zero-order valence-corrected chi connectivity index (χ0v) is 14.9. The van der Waals surface area contributed by atoms with Gasteiger partial charge >= 0.3 is 5.96 Å². The number of rotatable bonds is 3. The summed E-state index contributed by atoms with van der Waals surface area (Å²) in [4.78, 5) is 24.5. The standard InChI is InChI=1S/C19H18N6O2/c1-12-10-16(26)25-17(13-4-3-9-20-11-13)23-18(24-19(25)21-12)22-14-5-7-15(27-2)8-6-14/h3-11,17H,1-2H3,(H2,21,22,23,24)/p+1. The van der Waals surface area contributed by atoms with Gasteiger partial charge in [0.15, 0.2) is 6.17 Å². The number of benzene rings is 1. The lowest BCUT2D eigenvalue weighted by molar-refractivity contribution is -0.520. The van der Waals surface area contributed by atoms with Gasteiger partial charge in [-0.1, -0.05) is 6.07 Å². The van der Waals surface area contributed by atoms with E-state index in [4.69, 9.17) is 4.74 Å². The molecule has 0 aliphatic carbocycles. The number of anilines is 2. The normalized spacial score (nSPS) is 15.3. The third-order valence-electron chi connectivity index (χ3n) is 4.22. The molecule has 3 aromatic rings. The first kappa shape index (κ1) is 16.8. The van der Waals surface area contributed by atoms with E-state index in [1.54, 1.807) is 31.0 Å². The molecule has 1 unspecified atom stereocenters. The Labute approximate surface area is 155 Å². The van der Waals surface area contributed by atoms with Crippen LogP contribution in [0.2, 0.25) is 0 Å². The molecule has 1 atom stereocenters. The van der Waals surface area contributed by atoms with Gasteiger partial charge in [-0.2, -0.15) is 0 Å². The molecule has 0 bridgehead atoms. The van der Waals surface area contributed by atoms with Crippen LogP contribution in [0.5, 0.6) is 5.75 Å². The maximum absolute atomic E-state index is 12.6. The zero-order chi connectivity index (χ0) is 18.8. The molecule has 136 valence electrons. The lowest BCUT2D eigenvalue weighted by Gasteiger charge is -2.22.